The fourth-order valence-corrected chi connectivity index (χ4v) is 6.57. The highest BCUT2D eigenvalue weighted by Gasteiger charge is 2.46. The van der Waals surface area contributed by atoms with Gasteiger partial charge in [0.2, 0.25) is 11.8 Å². The lowest BCUT2D eigenvalue weighted by Gasteiger charge is -2.41. The second-order valence-electron chi connectivity index (χ2n) is 8.72. The van der Waals surface area contributed by atoms with Crippen molar-refractivity contribution in [2.24, 2.45) is 0 Å². The molecule has 4 rings (SSSR count). The standard InChI is InChI=1S/C22H31N3O4S/c1-17-7-9-19(10-8-17)30(28,29)25-20(11-12-21(25)26)22(27)24-15-13-23(14-16-24)18-5-3-2-4-6-18/h7-10,18,20H,2-6,11-16H2,1H3/t20-/m0/s1. The van der Waals surface area contributed by atoms with Crippen LogP contribution in [0.2, 0.25) is 0 Å². The summed E-state index contributed by atoms with van der Waals surface area (Å²) in [6.07, 6.45) is 6.67. The van der Waals surface area contributed by atoms with Gasteiger partial charge in [0.15, 0.2) is 0 Å². The second-order valence-corrected chi connectivity index (χ2v) is 10.5. The van der Waals surface area contributed by atoms with E-state index in [4.69, 9.17) is 0 Å². The summed E-state index contributed by atoms with van der Waals surface area (Å²) < 4.78 is 27.1. The molecule has 2 saturated heterocycles. The van der Waals surface area contributed by atoms with Crippen LogP contribution in [0.25, 0.3) is 0 Å². The molecule has 2 aliphatic heterocycles. The SMILES string of the molecule is Cc1ccc(S(=O)(=O)N2C(=O)CC[C@H]2C(=O)N2CCN(C3CCCCC3)CC2)cc1. The zero-order chi connectivity index (χ0) is 21.3. The summed E-state index contributed by atoms with van der Waals surface area (Å²) in [5.41, 5.74) is 0.935. The maximum atomic E-state index is 13.2. The zero-order valence-electron chi connectivity index (χ0n) is 17.6. The van der Waals surface area contributed by atoms with E-state index in [1.807, 2.05) is 6.92 Å². The lowest BCUT2D eigenvalue weighted by Crippen LogP contribution is -2.56. The highest BCUT2D eigenvalue weighted by atomic mass is 32.2. The van der Waals surface area contributed by atoms with E-state index >= 15 is 0 Å². The van der Waals surface area contributed by atoms with Gasteiger partial charge in [0.25, 0.3) is 10.0 Å². The van der Waals surface area contributed by atoms with Crippen LogP contribution in [0.4, 0.5) is 0 Å². The minimum Gasteiger partial charge on any atom is -0.338 e. The molecule has 1 aromatic carbocycles. The van der Waals surface area contributed by atoms with Gasteiger partial charge in [-0.25, -0.2) is 12.7 Å². The van der Waals surface area contributed by atoms with E-state index in [0.29, 0.717) is 19.1 Å². The molecule has 0 aromatic heterocycles. The molecule has 30 heavy (non-hydrogen) atoms. The van der Waals surface area contributed by atoms with Gasteiger partial charge in [-0.3, -0.25) is 14.5 Å². The van der Waals surface area contributed by atoms with Crippen molar-refractivity contribution in [3.8, 4) is 0 Å². The third-order valence-corrected chi connectivity index (χ3v) is 8.58. The predicted molar refractivity (Wildman–Crippen MR) is 113 cm³/mol. The molecule has 7 nitrogen and oxygen atoms in total. The molecule has 3 aliphatic rings. The first-order chi connectivity index (χ1) is 14.4. The van der Waals surface area contributed by atoms with E-state index in [1.54, 1.807) is 17.0 Å². The Bertz CT molecular complexity index is 885. The highest BCUT2D eigenvalue weighted by Crippen LogP contribution is 2.29. The number of benzene rings is 1. The number of carbonyl (C=O) groups excluding carboxylic acids is 2. The second kappa shape index (κ2) is 8.67. The summed E-state index contributed by atoms with van der Waals surface area (Å²) in [7, 11) is -4.04. The molecule has 0 radical (unpaired) electrons. The Balaban J connectivity index is 1.45. The highest BCUT2D eigenvalue weighted by molar-refractivity contribution is 7.89. The smallest absolute Gasteiger partial charge is 0.267 e. The molecule has 0 N–H and O–H groups in total. The summed E-state index contributed by atoms with van der Waals surface area (Å²) in [4.78, 5) is 30.0. The molecule has 1 aromatic rings. The van der Waals surface area contributed by atoms with Crippen LogP contribution in [-0.2, 0) is 19.6 Å². The van der Waals surface area contributed by atoms with Gasteiger partial charge in [-0.2, -0.15) is 0 Å². The largest absolute Gasteiger partial charge is 0.338 e. The van der Waals surface area contributed by atoms with Crippen molar-refractivity contribution in [3.05, 3.63) is 29.8 Å². The van der Waals surface area contributed by atoms with Crippen molar-refractivity contribution >= 4 is 21.8 Å². The van der Waals surface area contributed by atoms with E-state index in [0.717, 1.165) is 23.0 Å². The quantitative estimate of drug-likeness (QED) is 0.727. The Hall–Kier alpha value is -1.93. The Morgan fingerprint density at radius 2 is 1.57 bits per heavy atom. The monoisotopic (exact) mass is 433 g/mol. The van der Waals surface area contributed by atoms with Crippen molar-refractivity contribution < 1.29 is 18.0 Å². The molecule has 1 atom stereocenters. The molecule has 2 amide bonds. The summed E-state index contributed by atoms with van der Waals surface area (Å²) in [5, 5.41) is 0. The van der Waals surface area contributed by atoms with Crippen LogP contribution in [0.1, 0.15) is 50.5 Å². The summed E-state index contributed by atoms with van der Waals surface area (Å²) in [6.45, 7) is 4.71. The van der Waals surface area contributed by atoms with Gasteiger partial charge in [-0.15, -0.1) is 0 Å². The molecular weight excluding hydrogens is 402 g/mol. The van der Waals surface area contributed by atoms with Gasteiger partial charge < -0.3 is 4.90 Å². The zero-order valence-corrected chi connectivity index (χ0v) is 18.4. The van der Waals surface area contributed by atoms with Crippen molar-refractivity contribution in [1.29, 1.82) is 0 Å². The Morgan fingerprint density at radius 3 is 2.20 bits per heavy atom. The van der Waals surface area contributed by atoms with Crippen LogP contribution in [0.5, 0.6) is 0 Å². The van der Waals surface area contributed by atoms with E-state index < -0.39 is 22.0 Å². The molecule has 0 unspecified atom stereocenters. The first-order valence-corrected chi connectivity index (χ1v) is 12.5. The fraction of sp³-hybridized carbons (Fsp3) is 0.636. The summed E-state index contributed by atoms with van der Waals surface area (Å²) in [5.74, 6) is -0.727. The lowest BCUT2D eigenvalue weighted by molar-refractivity contribution is -0.139. The maximum Gasteiger partial charge on any atom is 0.267 e. The normalized spacial score (nSPS) is 24.4. The lowest BCUT2D eigenvalue weighted by atomic mass is 9.94. The first-order valence-electron chi connectivity index (χ1n) is 11.0. The van der Waals surface area contributed by atoms with Gasteiger partial charge in [-0.1, -0.05) is 37.0 Å². The minimum atomic E-state index is -4.04. The van der Waals surface area contributed by atoms with E-state index in [9.17, 15) is 18.0 Å². The van der Waals surface area contributed by atoms with Gasteiger partial charge >= 0.3 is 0 Å². The van der Waals surface area contributed by atoms with Crippen LogP contribution < -0.4 is 0 Å². The van der Waals surface area contributed by atoms with Crippen LogP contribution in [0.15, 0.2) is 29.2 Å². The van der Waals surface area contributed by atoms with Gasteiger partial charge in [0.05, 0.1) is 4.90 Å². The number of amides is 2. The number of hydrogen-bond donors (Lipinski definition) is 0. The Morgan fingerprint density at radius 1 is 0.933 bits per heavy atom. The first kappa shape index (κ1) is 21.3. The number of carbonyl (C=O) groups is 2. The number of nitrogens with zero attached hydrogens (tertiary/aromatic N) is 3. The molecule has 3 fully saturated rings. The molecule has 8 heteroatoms. The van der Waals surface area contributed by atoms with Crippen molar-refractivity contribution in [2.75, 3.05) is 26.2 Å². The van der Waals surface area contributed by atoms with Gasteiger partial charge in [0.1, 0.15) is 6.04 Å². The van der Waals surface area contributed by atoms with Crippen molar-refractivity contribution in [2.45, 2.75) is 68.8 Å². The number of sulfonamides is 1. The molecule has 164 valence electrons. The maximum absolute atomic E-state index is 13.2. The van der Waals surface area contributed by atoms with E-state index in [2.05, 4.69) is 4.90 Å². The average Bonchev–Trinajstić information content (AvgIpc) is 3.16. The fourth-order valence-electron chi connectivity index (χ4n) is 4.97. The van der Waals surface area contributed by atoms with Crippen molar-refractivity contribution in [3.63, 3.8) is 0 Å². The topological polar surface area (TPSA) is 78.0 Å². The Kier molecular flexibility index (Phi) is 6.16. The molecule has 2 heterocycles. The number of rotatable bonds is 4. The molecule has 1 aliphatic carbocycles. The van der Waals surface area contributed by atoms with Crippen LogP contribution in [0, 0.1) is 6.92 Å². The minimum absolute atomic E-state index is 0.0586. The number of hydrogen-bond acceptors (Lipinski definition) is 5. The molecular formula is C22H31N3O4S. The summed E-state index contributed by atoms with van der Waals surface area (Å²) >= 11 is 0. The predicted octanol–water partition coefficient (Wildman–Crippen LogP) is 2.15. The molecule has 0 bridgehead atoms. The van der Waals surface area contributed by atoms with Crippen LogP contribution >= 0.6 is 0 Å². The molecule has 1 saturated carbocycles. The average molecular weight is 434 g/mol. The summed E-state index contributed by atoms with van der Waals surface area (Å²) in [6, 6.07) is 6.10. The number of piperazine rings is 1. The Labute approximate surface area is 179 Å². The molecule has 0 spiro atoms. The third-order valence-electron chi connectivity index (χ3n) is 6.74. The van der Waals surface area contributed by atoms with Crippen LogP contribution in [0.3, 0.4) is 0 Å². The number of aryl methyl sites for hydroxylation is 1. The van der Waals surface area contributed by atoms with Gasteiger partial charge in [0, 0.05) is 38.6 Å². The van der Waals surface area contributed by atoms with Crippen molar-refractivity contribution in [1.82, 2.24) is 14.1 Å². The third kappa shape index (κ3) is 4.12. The van der Waals surface area contributed by atoms with Crippen LogP contribution in [-0.4, -0.2) is 72.6 Å². The van der Waals surface area contributed by atoms with Gasteiger partial charge in [-0.05, 0) is 38.3 Å². The van der Waals surface area contributed by atoms with E-state index in [-0.39, 0.29) is 23.6 Å². The van der Waals surface area contributed by atoms with E-state index in [1.165, 1.54) is 44.2 Å².